The van der Waals surface area contributed by atoms with Crippen LogP contribution in [0.25, 0.3) is 0 Å². The molecule has 0 bridgehead atoms. The first-order valence-electron chi connectivity index (χ1n) is 7.30. The van der Waals surface area contributed by atoms with Crippen LogP contribution in [0.2, 0.25) is 0 Å². The van der Waals surface area contributed by atoms with Gasteiger partial charge in [0.2, 0.25) is 0 Å². The van der Waals surface area contributed by atoms with Crippen LogP contribution in [0.15, 0.2) is 53.0 Å². The zero-order valence-corrected chi connectivity index (χ0v) is 14.4. The largest absolute Gasteiger partial charge is 0.496 e. The molecule has 0 heterocycles. The van der Waals surface area contributed by atoms with Crippen LogP contribution in [0.1, 0.15) is 43.5 Å². The molecule has 1 unspecified atom stereocenters. The van der Waals surface area contributed by atoms with Crippen LogP contribution >= 0.6 is 15.9 Å². The number of hydrogen-bond donors (Lipinski definition) is 1. The van der Waals surface area contributed by atoms with E-state index >= 15 is 0 Å². The Labute approximate surface area is 135 Å². The molecular formula is C18H22BrNO. The number of rotatable bonds is 6. The highest BCUT2D eigenvalue weighted by Crippen LogP contribution is 2.28. The molecule has 21 heavy (non-hydrogen) atoms. The normalized spacial score (nSPS) is 13.7. The van der Waals surface area contributed by atoms with Gasteiger partial charge in [0.1, 0.15) is 5.75 Å². The minimum absolute atomic E-state index is 0.227. The van der Waals surface area contributed by atoms with Gasteiger partial charge in [0.25, 0.3) is 0 Å². The molecule has 0 spiro atoms. The Balaban J connectivity index is 2.18. The number of hydrogen-bond acceptors (Lipinski definition) is 2. The molecule has 2 atom stereocenters. The smallest absolute Gasteiger partial charge is 0.123 e. The van der Waals surface area contributed by atoms with E-state index < -0.39 is 0 Å². The van der Waals surface area contributed by atoms with E-state index in [0.717, 1.165) is 16.6 Å². The summed E-state index contributed by atoms with van der Waals surface area (Å²) in [6.07, 6.45) is 1.04. The zero-order chi connectivity index (χ0) is 15.2. The Hall–Kier alpha value is -1.32. The van der Waals surface area contributed by atoms with Crippen molar-refractivity contribution in [2.24, 2.45) is 0 Å². The number of ether oxygens (including phenoxy) is 1. The summed E-state index contributed by atoms with van der Waals surface area (Å²) < 4.78 is 6.57. The van der Waals surface area contributed by atoms with E-state index in [-0.39, 0.29) is 6.04 Å². The lowest BCUT2D eigenvalue weighted by molar-refractivity contribution is 0.392. The van der Waals surface area contributed by atoms with Gasteiger partial charge in [-0.25, -0.2) is 0 Å². The Morgan fingerprint density at radius 3 is 2.57 bits per heavy atom. The van der Waals surface area contributed by atoms with E-state index in [1.54, 1.807) is 7.11 Å². The third-order valence-corrected chi connectivity index (χ3v) is 4.21. The predicted octanol–water partition coefficient (Wildman–Crippen LogP) is 5.26. The molecule has 0 saturated heterocycles. The first kappa shape index (κ1) is 16.1. The SMILES string of the molecule is CCC(N[C@H](C)c1ccccc1OC)c1cccc(Br)c1. The van der Waals surface area contributed by atoms with Crippen molar-refractivity contribution >= 4 is 15.9 Å². The van der Waals surface area contributed by atoms with Crippen LogP contribution in [-0.2, 0) is 0 Å². The molecule has 2 nitrogen and oxygen atoms in total. The van der Waals surface area contributed by atoms with Gasteiger partial charge in [-0.2, -0.15) is 0 Å². The highest BCUT2D eigenvalue weighted by atomic mass is 79.9. The molecule has 112 valence electrons. The fourth-order valence-electron chi connectivity index (χ4n) is 2.59. The molecular weight excluding hydrogens is 326 g/mol. The fourth-order valence-corrected chi connectivity index (χ4v) is 3.01. The van der Waals surface area contributed by atoms with Crippen LogP contribution < -0.4 is 10.1 Å². The van der Waals surface area contributed by atoms with Crippen molar-refractivity contribution in [1.29, 1.82) is 0 Å². The van der Waals surface area contributed by atoms with Gasteiger partial charge >= 0.3 is 0 Å². The van der Waals surface area contributed by atoms with Crippen molar-refractivity contribution in [3.63, 3.8) is 0 Å². The first-order valence-corrected chi connectivity index (χ1v) is 8.09. The van der Waals surface area contributed by atoms with Crippen molar-refractivity contribution in [2.75, 3.05) is 7.11 Å². The average molecular weight is 348 g/mol. The Bertz CT molecular complexity index is 585. The molecule has 0 aromatic heterocycles. The molecule has 0 fully saturated rings. The monoisotopic (exact) mass is 347 g/mol. The standard InChI is InChI=1S/C18H22BrNO/c1-4-17(14-8-7-9-15(19)12-14)20-13(2)16-10-5-6-11-18(16)21-3/h5-13,17,20H,4H2,1-3H3/t13-,17?/m1/s1. The van der Waals surface area contributed by atoms with E-state index in [0.29, 0.717) is 6.04 Å². The minimum Gasteiger partial charge on any atom is -0.496 e. The van der Waals surface area contributed by atoms with E-state index in [4.69, 9.17) is 4.74 Å². The second-order valence-electron chi connectivity index (χ2n) is 5.15. The molecule has 2 rings (SSSR count). The lowest BCUT2D eigenvalue weighted by Crippen LogP contribution is -2.24. The molecule has 2 aromatic rings. The van der Waals surface area contributed by atoms with E-state index in [1.165, 1.54) is 11.1 Å². The molecule has 0 aliphatic heterocycles. The van der Waals surface area contributed by atoms with Gasteiger partial charge in [0.15, 0.2) is 0 Å². The topological polar surface area (TPSA) is 21.3 Å². The maximum Gasteiger partial charge on any atom is 0.123 e. The van der Waals surface area contributed by atoms with Crippen molar-refractivity contribution in [3.8, 4) is 5.75 Å². The van der Waals surface area contributed by atoms with E-state index in [2.05, 4.69) is 71.5 Å². The van der Waals surface area contributed by atoms with Crippen molar-refractivity contribution in [1.82, 2.24) is 5.32 Å². The summed E-state index contributed by atoms with van der Waals surface area (Å²) in [5.41, 5.74) is 2.49. The maximum atomic E-state index is 5.46. The van der Waals surface area contributed by atoms with E-state index in [1.807, 2.05) is 12.1 Å². The predicted molar refractivity (Wildman–Crippen MR) is 91.7 cm³/mol. The number of methoxy groups -OCH3 is 1. The van der Waals surface area contributed by atoms with Crippen molar-refractivity contribution in [2.45, 2.75) is 32.4 Å². The zero-order valence-electron chi connectivity index (χ0n) is 12.8. The summed E-state index contributed by atoms with van der Waals surface area (Å²) in [7, 11) is 1.72. The minimum atomic E-state index is 0.227. The maximum absolute atomic E-state index is 5.46. The quantitative estimate of drug-likeness (QED) is 0.769. The van der Waals surface area contributed by atoms with Crippen LogP contribution in [0, 0.1) is 0 Å². The molecule has 0 aliphatic rings. The van der Waals surface area contributed by atoms with Crippen LogP contribution in [0.3, 0.4) is 0 Å². The lowest BCUT2D eigenvalue weighted by Gasteiger charge is -2.24. The molecule has 3 heteroatoms. The average Bonchev–Trinajstić information content (AvgIpc) is 2.52. The van der Waals surface area contributed by atoms with Gasteiger partial charge in [-0.15, -0.1) is 0 Å². The van der Waals surface area contributed by atoms with Crippen molar-refractivity contribution < 1.29 is 4.74 Å². The number of para-hydroxylation sites is 1. The third-order valence-electron chi connectivity index (χ3n) is 3.72. The molecule has 2 aromatic carbocycles. The van der Waals surface area contributed by atoms with Crippen LogP contribution in [0.4, 0.5) is 0 Å². The highest BCUT2D eigenvalue weighted by molar-refractivity contribution is 9.10. The summed E-state index contributed by atoms with van der Waals surface area (Å²) in [5.74, 6) is 0.932. The van der Waals surface area contributed by atoms with E-state index in [9.17, 15) is 0 Å². The summed E-state index contributed by atoms with van der Waals surface area (Å²) in [6, 6.07) is 17.2. The Morgan fingerprint density at radius 2 is 1.90 bits per heavy atom. The number of nitrogens with one attached hydrogen (secondary N) is 1. The number of halogens is 1. The first-order chi connectivity index (χ1) is 10.2. The molecule has 0 aliphatic carbocycles. The molecule has 0 amide bonds. The van der Waals surface area contributed by atoms with Gasteiger partial charge < -0.3 is 10.1 Å². The number of benzene rings is 2. The fraction of sp³-hybridized carbons (Fsp3) is 0.333. The molecule has 0 radical (unpaired) electrons. The van der Waals surface area contributed by atoms with Crippen molar-refractivity contribution in [3.05, 3.63) is 64.1 Å². The Kier molecular flexibility index (Phi) is 5.83. The summed E-state index contributed by atoms with van der Waals surface area (Å²) in [5, 5.41) is 3.70. The van der Waals surface area contributed by atoms with Gasteiger partial charge in [-0.05, 0) is 37.1 Å². The van der Waals surface area contributed by atoms with Gasteiger partial charge in [-0.3, -0.25) is 0 Å². The molecule has 1 N–H and O–H groups in total. The highest BCUT2D eigenvalue weighted by Gasteiger charge is 2.16. The second-order valence-corrected chi connectivity index (χ2v) is 6.06. The summed E-state index contributed by atoms with van der Waals surface area (Å²) in [6.45, 7) is 4.38. The van der Waals surface area contributed by atoms with Gasteiger partial charge in [0, 0.05) is 22.1 Å². The van der Waals surface area contributed by atoms with Gasteiger partial charge in [0.05, 0.1) is 7.11 Å². The van der Waals surface area contributed by atoms with Crippen LogP contribution in [0.5, 0.6) is 5.75 Å². The lowest BCUT2D eigenvalue weighted by atomic mass is 10.0. The Morgan fingerprint density at radius 1 is 1.14 bits per heavy atom. The second kappa shape index (κ2) is 7.62. The third kappa shape index (κ3) is 4.08. The van der Waals surface area contributed by atoms with Gasteiger partial charge in [-0.1, -0.05) is 53.2 Å². The summed E-state index contributed by atoms with van der Waals surface area (Å²) in [4.78, 5) is 0. The summed E-state index contributed by atoms with van der Waals surface area (Å²) >= 11 is 3.55. The molecule has 0 saturated carbocycles. The van der Waals surface area contributed by atoms with Crippen LogP contribution in [-0.4, -0.2) is 7.11 Å².